The van der Waals surface area contributed by atoms with E-state index in [-0.39, 0.29) is 0 Å². The zero-order valence-corrected chi connectivity index (χ0v) is 14.4. The van der Waals surface area contributed by atoms with Crippen LogP contribution in [0.4, 0.5) is 0 Å². The number of benzene rings is 1. The Morgan fingerprint density at radius 1 is 1.32 bits per heavy atom. The van der Waals surface area contributed by atoms with Crippen molar-refractivity contribution in [2.45, 2.75) is 39.0 Å². The van der Waals surface area contributed by atoms with Crippen LogP contribution < -0.4 is 0 Å². The van der Waals surface area contributed by atoms with Crippen LogP contribution in [0.2, 0.25) is 0 Å². The summed E-state index contributed by atoms with van der Waals surface area (Å²) >= 11 is 3.36. The fourth-order valence-electron chi connectivity index (χ4n) is 1.83. The van der Waals surface area contributed by atoms with Crippen LogP contribution in [-0.4, -0.2) is 25.8 Å². The molecule has 1 rings (SSSR count). The third-order valence-electron chi connectivity index (χ3n) is 3.27. The Hall–Kier alpha value is -0.390. The quantitative estimate of drug-likeness (QED) is 0.784. The second-order valence-corrected chi connectivity index (χ2v) is 7.66. The average molecular weight is 348 g/mol. The summed E-state index contributed by atoms with van der Waals surface area (Å²) in [7, 11) is -3.42. The molecule has 1 unspecified atom stereocenters. The van der Waals surface area contributed by atoms with Gasteiger partial charge in [0.2, 0.25) is 10.0 Å². The van der Waals surface area contributed by atoms with E-state index in [2.05, 4.69) is 29.8 Å². The lowest BCUT2D eigenvalue weighted by molar-refractivity contribution is 0.361. The number of nitrogens with zero attached hydrogens (tertiary/aromatic N) is 1. The molecular weight excluding hydrogens is 326 g/mol. The molecule has 0 radical (unpaired) electrons. The van der Waals surface area contributed by atoms with Gasteiger partial charge in [-0.2, -0.15) is 4.31 Å². The Kier molecular flexibility index (Phi) is 6.02. The van der Waals surface area contributed by atoms with E-state index in [1.165, 1.54) is 0 Å². The van der Waals surface area contributed by atoms with Crippen LogP contribution >= 0.6 is 15.9 Å². The second-order valence-electron chi connectivity index (χ2n) is 4.90. The molecule has 0 aliphatic rings. The normalized spacial score (nSPS) is 13.8. The van der Waals surface area contributed by atoms with E-state index >= 15 is 0 Å². The molecule has 0 aliphatic carbocycles. The first-order valence-corrected chi connectivity index (χ1v) is 8.82. The zero-order chi connectivity index (χ0) is 14.6. The molecule has 0 fully saturated rings. The van der Waals surface area contributed by atoms with E-state index in [0.717, 1.165) is 12.0 Å². The van der Waals surface area contributed by atoms with Crippen LogP contribution in [0, 0.1) is 12.8 Å². The van der Waals surface area contributed by atoms with Crippen LogP contribution in [-0.2, 0) is 10.0 Å². The van der Waals surface area contributed by atoms with Gasteiger partial charge in [0.1, 0.15) is 0 Å². The molecule has 0 aromatic heterocycles. The van der Waals surface area contributed by atoms with Crippen LogP contribution in [0.3, 0.4) is 0 Å². The fourth-order valence-corrected chi connectivity index (χ4v) is 4.55. The Labute approximate surface area is 125 Å². The summed E-state index contributed by atoms with van der Waals surface area (Å²) in [5.74, 6) is 0.360. The zero-order valence-electron chi connectivity index (χ0n) is 12.0. The number of hydrogen-bond acceptors (Lipinski definition) is 2. The highest BCUT2D eigenvalue weighted by molar-refractivity contribution is 9.10. The highest BCUT2D eigenvalue weighted by Gasteiger charge is 2.26. The molecule has 0 N–H and O–H groups in total. The first-order chi connectivity index (χ1) is 8.82. The van der Waals surface area contributed by atoms with Crippen molar-refractivity contribution in [3.8, 4) is 0 Å². The van der Waals surface area contributed by atoms with Gasteiger partial charge in [-0.25, -0.2) is 8.42 Å². The maximum Gasteiger partial charge on any atom is 0.244 e. The lowest BCUT2D eigenvalue weighted by atomic mass is 10.1. The topological polar surface area (TPSA) is 37.4 Å². The van der Waals surface area contributed by atoms with Gasteiger partial charge in [-0.05, 0) is 46.5 Å². The largest absolute Gasteiger partial charge is 0.244 e. The van der Waals surface area contributed by atoms with E-state index in [1.807, 2.05) is 26.0 Å². The minimum absolute atomic E-state index is 0.350. The second kappa shape index (κ2) is 6.86. The SMILES string of the molecule is CCC(C)CN(CC)S(=O)(=O)c1ccc(C)cc1Br. The van der Waals surface area contributed by atoms with E-state index in [1.54, 1.807) is 10.4 Å². The van der Waals surface area contributed by atoms with Crippen molar-refractivity contribution in [1.29, 1.82) is 0 Å². The van der Waals surface area contributed by atoms with Gasteiger partial charge in [-0.3, -0.25) is 0 Å². The number of halogens is 1. The first-order valence-electron chi connectivity index (χ1n) is 6.59. The molecular formula is C14H22BrNO2S. The average Bonchev–Trinajstić information content (AvgIpc) is 2.34. The van der Waals surface area contributed by atoms with E-state index < -0.39 is 10.0 Å². The summed E-state index contributed by atoms with van der Waals surface area (Å²) in [4.78, 5) is 0.350. The van der Waals surface area contributed by atoms with Crippen molar-refractivity contribution in [2.24, 2.45) is 5.92 Å². The Morgan fingerprint density at radius 3 is 2.42 bits per heavy atom. The fraction of sp³-hybridized carbons (Fsp3) is 0.571. The van der Waals surface area contributed by atoms with E-state index in [4.69, 9.17) is 0 Å². The number of aryl methyl sites for hydroxylation is 1. The summed E-state index contributed by atoms with van der Waals surface area (Å²) in [5, 5.41) is 0. The van der Waals surface area contributed by atoms with Crippen LogP contribution in [0.25, 0.3) is 0 Å². The Balaban J connectivity index is 3.13. The molecule has 0 saturated heterocycles. The third kappa shape index (κ3) is 4.04. The smallest absolute Gasteiger partial charge is 0.207 e. The molecule has 3 nitrogen and oxygen atoms in total. The van der Waals surface area contributed by atoms with Gasteiger partial charge >= 0.3 is 0 Å². The van der Waals surface area contributed by atoms with Gasteiger partial charge < -0.3 is 0 Å². The van der Waals surface area contributed by atoms with Crippen molar-refractivity contribution in [3.05, 3.63) is 28.2 Å². The monoisotopic (exact) mass is 347 g/mol. The van der Waals surface area contributed by atoms with Crippen molar-refractivity contribution in [1.82, 2.24) is 4.31 Å². The van der Waals surface area contributed by atoms with Crippen molar-refractivity contribution >= 4 is 26.0 Å². The Bertz CT molecular complexity index is 528. The molecule has 0 bridgehead atoms. The summed E-state index contributed by atoms with van der Waals surface area (Å²) < 4.78 is 27.5. The molecule has 5 heteroatoms. The molecule has 0 spiro atoms. The maximum absolute atomic E-state index is 12.6. The minimum Gasteiger partial charge on any atom is -0.207 e. The van der Waals surface area contributed by atoms with E-state index in [9.17, 15) is 8.42 Å². The van der Waals surface area contributed by atoms with Crippen molar-refractivity contribution in [2.75, 3.05) is 13.1 Å². The highest BCUT2D eigenvalue weighted by Crippen LogP contribution is 2.26. The number of hydrogen-bond donors (Lipinski definition) is 0. The number of sulfonamides is 1. The van der Waals surface area contributed by atoms with Gasteiger partial charge in [0.05, 0.1) is 4.90 Å². The maximum atomic E-state index is 12.6. The number of rotatable bonds is 6. The molecule has 0 heterocycles. The Morgan fingerprint density at radius 2 is 1.95 bits per heavy atom. The molecule has 0 saturated carbocycles. The molecule has 1 aromatic carbocycles. The molecule has 0 aliphatic heterocycles. The summed E-state index contributed by atoms with van der Waals surface area (Å²) in [6.07, 6.45) is 0.973. The van der Waals surface area contributed by atoms with Gasteiger partial charge in [0.15, 0.2) is 0 Å². The lowest BCUT2D eigenvalue weighted by Crippen LogP contribution is -2.34. The van der Waals surface area contributed by atoms with Crippen LogP contribution in [0.15, 0.2) is 27.6 Å². The molecule has 0 amide bonds. The van der Waals surface area contributed by atoms with Gasteiger partial charge in [-0.15, -0.1) is 0 Å². The molecule has 19 heavy (non-hydrogen) atoms. The molecule has 108 valence electrons. The summed E-state index contributed by atoms with van der Waals surface area (Å²) in [5.41, 5.74) is 1.04. The standard InChI is InChI=1S/C14H22BrNO2S/c1-5-11(3)10-16(6-2)19(17,18)14-8-7-12(4)9-13(14)15/h7-9,11H,5-6,10H2,1-4H3. The van der Waals surface area contributed by atoms with E-state index in [0.29, 0.717) is 28.4 Å². The van der Waals surface area contributed by atoms with Crippen LogP contribution in [0.1, 0.15) is 32.8 Å². The molecule has 1 aromatic rings. The summed E-state index contributed by atoms with van der Waals surface area (Å²) in [6, 6.07) is 5.34. The predicted molar refractivity (Wildman–Crippen MR) is 82.8 cm³/mol. The minimum atomic E-state index is -3.42. The summed E-state index contributed by atoms with van der Waals surface area (Å²) in [6.45, 7) is 9.03. The predicted octanol–water partition coefficient (Wildman–Crippen LogP) is 3.81. The van der Waals surface area contributed by atoms with Crippen molar-refractivity contribution in [3.63, 3.8) is 0 Å². The molecule has 1 atom stereocenters. The van der Waals surface area contributed by atoms with Crippen molar-refractivity contribution < 1.29 is 8.42 Å². The van der Waals surface area contributed by atoms with Gasteiger partial charge in [0.25, 0.3) is 0 Å². The first kappa shape index (κ1) is 16.7. The van der Waals surface area contributed by atoms with Gasteiger partial charge in [-0.1, -0.05) is 33.3 Å². The third-order valence-corrected chi connectivity index (χ3v) is 6.19. The van der Waals surface area contributed by atoms with Gasteiger partial charge in [0, 0.05) is 17.6 Å². The van der Waals surface area contributed by atoms with Crippen LogP contribution in [0.5, 0.6) is 0 Å². The lowest BCUT2D eigenvalue weighted by Gasteiger charge is -2.24. The highest BCUT2D eigenvalue weighted by atomic mass is 79.9.